The first-order valence-electron chi connectivity index (χ1n) is 5.39. The normalized spacial score (nSPS) is 11.5. The quantitative estimate of drug-likeness (QED) is 0.613. The summed E-state index contributed by atoms with van der Waals surface area (Å²) in [7, 11) is 0. The maximum Gasteiger partial charge on any atom is 0.165 e. The third-order valence-electron chi connectivity index (χ3n) is 2.42. The molecule has 0 fully saturated rings. The lowest BCUT2D eigenvalue weighted by Crippen LogP contribution is -2.17. The van der Waals surface area contributed by atoms with Gasteiger partial charge in [0.05, 0.1) is 17.5 Å². The summed E-state index contributed by atoms with van der Waals surface area (Å²) in [6, 6.07) is 3.67. The zero-order valence-electron chi connectivity index (χ0n) is 10.2. The third kappa shape index (κ3) is 2.45. The number of anilines is 1. The predicted molar refractivity (Wildman–Crippen MR) is 66.2 cm³/mol. The predicted octanol–water partition coefficient (Wildman–Crippen LogP) is 2.32. The van der Waals surface area contributed by atoms with Gasteiger partial charge in [0.1, 0.15) is 12.1 Å². The number of aromatic nitrogens is 2. The van der Waals surface area contributed by atoms with Crippen LogP contribution in [0.1, 0.15) is 26.5 Å². The second kappa shape index (κ2) is 4.18. The summed E-state index contributed by atoms with van der Waals surface area (Å²) in [5, 5.41) is 0. The zero-order chi connectivity index (χ0) is 12.5. The van der Waals surface area contributed by atoms with Crippen molar-refractivity contribution in [1.82, 2.24) is 9.97 Å². The van der Waals surface area contributed by atoms with Crippen molar-refractivity contribution in [3.05, 3.63) is 30.4 Å². The van der Waals surface area contributed by atoms with Crippen molar-refractivity contribution in [2.75, 3.05) is 5.43 Å². The lowest BCUT2D eigenvalue weighted by Gasteiger charge is -2.18. The highest BCUT2D eigenvalue weighted by Crippen LogP contribution is 2.25. The zero-order valence-corrected chi connectivity index (χ0v) is 10.2. The number of nitrogens with zero attached hydrogens (tertiary/aromatic N) is 2. The molecule has 0 atom stereocenters. The van der Waals surface area contributed by atoms with Crippen LogP contribution in [-0.2, 0) is 5.41 Å². The van der Waals surface area contributed by atoms with Crippen LogP contribution in [0.25, 0.3) is 11.4 Å². The number of nitrogens with one attached hydrogen (secondary N) is 1. The first kappa shape index (κ1) is 11.6. The highest BCUT2D eigenvalue weighted by atomic mass is 16.3. The van der Waals surface area contributed by atoms with Gasteiger partial charge in [0.25, 0.3) is 0 Å². The number of furan rings is 1. The van der Waals surface area contributed by atoms with E-state index in [0.29, 0.717) is 11.6 Å². The molecule has 0 radical (unpaired) electrons. The molecule has 2 heterocycles. The van der Waals surface area contributed by atoms with Crippen LogP contribution in [-0.4, -0.2) is 9.97 Å². The van der Waals surface area contributed by atoms with Crippen LogP contribution in [0.2, 0.25) is 0 Å². The van der Waals surface area contributed by atoms with Crippen molar-refractivity contribution in [2.45, 2.75) is 26.2 Å². The van der Waals surface area contributed by atoms with Crippen molar-refractivity contribution in [3.63, 3.8) is 0 Å². The van der Waals surface area contributed by atoms with E-state index in [9.17, 15) is 0 Å². The Hall–Kier alpha value is -1.88. The minimum Gasteiger partial charge on any atom is -0.472 e. The number of nitrogens with two attached hydrogens (primary N) is 1. The van der Waals surface area contributed by atoms with Crippen LogP contribution >= 0.6 is 0 Å². The molecule has 0 unspecified atom stereocenters. The van der Waals surface area contributed by atoms with Gasteiger partial charge >= 0.3 is 0 Å². The van der Waals surface area contributed by atoms with E-state index in [-0.39, 0.29) is 5.41 Å². The van der Waals surface area contributed by atoms with E-state index in [1.807, 2.05) is 12.1 Å². The SMILES string of the molecule is CC(C)(C)c1cc(NN)nc(-c2ccoc2)n1. The molecule has 0 amide bonds. The first-order valence-corrected chi connectivity index (χ1v) is 5.39. The van der Waals surface area contributed by atoms with Crippen LogP contribution in [0, 0.1) is 0 Å². The standard InChI is InChI=1S/C12H16N4O/c1-12(2,3)9-6-10(16-13)15-11(14-9)8-4-5-17-7-8/h4-7H,13H2,1-3H3,(H,14,15,16). The number of hydrogen-bond acceptors (Lipinski definition) is 5. The Morgan fingerprint density at radius 3 is 2.59 bits per heavy atom. The molecular formula is C12H16N4O. The van der Waals surface area contributed by atoms with Crippen LogP contribution in [0.3, 0.4) is 0 Å². The minimum atomic E-state index is -0.0625. The minimum absolute atomic E-state index is 0.0625. The molecule has 0 aliphatic rings. The van der Waals surface area contributed by atoms with Gasteiger partial charge in [-0.1, -0.05) is 20.8 Å². The van der Waals surface area contributed by atoms with E-state index in [0.717, 1.165) is 11.3 Å². The molecule has 0 saturated carbocycles. The molecule has 0 aliphatic heterocycles. The van der Waals surface area contributed by atoms with Gasteiger partial charge in [0, 0.05) is 11.5 Å². The monoisotopic (exact) mass is 232 g/mol. The smallest absolute Gasteiger partial charge is 0.165 e. The molecule has 0 bridgehead atoms. The van der Waals surface area contributed by atoms with E-state index in [4.69, 9.17) is 10.3 Å². The van der Waals surface area contributed by atoms with Crippen LogP contribution in [0.5, 0.6) is 0 Å². The van der Waals surface area contributed by atoms with Crippen LogP contribution in [0.15, 0.2) is 29.1 Å². The first-order chi connectivity index (χ1) is 8.00. The molecule has 2 aromatic rings. The van der Waals surface area contributed by atoms with Gasteiger partial charge in [0.2, 0.25) is 0 Å². The van der Waals surface area contributed by atoms with E-state index in [2.05, 4.69) is 36.2 Å². The lowest BCUT2D eigenvalue weighted by molar-refractivity contribution is 0.564. The van der Waals surface area contributed by atoms with Gasteiger partial charge in [-0.3, -0.25) is 0 Å². The maximum absolute atomic E-state index is 5.42. The summed E-state index contributed by atoms with van der Waals surface area (Å²) >= 11 is 0. The topological polar surface area (TPSA) is 77.0 Å². The summed E-state index contributed by atoms with van der Waals surface area (Å²) in [5.74, 6) is 6.63. The fourth-order valence-corrected chi connectivity index (χ4v) is 1.43. The highest BCUT2D eigenvalue weighted by molar-refractivity contribution is 5.56. The number of nitrogen functional groups attached to an aromatic ring is 1. The summed E-state index contributed by atoms with van der Waals surface area (Å²) in [6.45, 7) is 6.28. The molecule has 0 saturated heterocycles. The average molecular weight is 232 g/mol. The Morgan fingerprint density at radius 2 is 2.06 bits per heavy atom. The Balaban J connectivity index is 2.54. The molecule has 0 spiro atoms. The van der Waals surface area contributed by atoms with Crippen molar-refractivity contribution < 1.29 is 4.42 Å². The Bertz CT molecular complexity index is 500. The van der Waals surface area contributed by atoms with Gasteiger partial charge < -0.3 is 9.84 Å². The average Bonchev–Trinajstić information content (AvgIpc) is 2.80. The summed E-state index contributed by atoms with van der Waals surface area (Å²) in [6.07, 6.45) is 3.21. The molecule has 0 aliphatic carbocycles. The van der Waals surface area contributed by atoms with Gasteiger partial charge in [0.15, 0.2) is 5.82 Å². The summed E-state index contributed by atoms with van der Waals surface area (Å²) in [4.78, 5) is 8.83. The molecule has 3 N–H and O–H groups in total. The number of hydrogen-bond donors (Lipinski definition) is 2. The second-order valence-electron chi connectivity index (χ2n) is 4.87. The Labute approximate surface area is 100 Å². The molecular weight excluding hydrogens is 216 g/mol. The fraction of sp³-hybridized carbons (Fsp3) is 0.333. The Kier molecular flexibility index (Phi) is 2.85. The van der Waals surface area contributed by atoms with Crippen molar-refractivity contribution in [2.24, 2.45) is 5.84 Å². The molecule has 2 aromatic heterocycles. The molecule has 0 aromatic carbocycles. The van der Waals surface area contributed by atoms with E-state index in [1.54, 1.807) is 12.5 Å². The van der Waals surface area contributed by atoms with Crippen LogP contribution < -0.4 is 11.3 Å². The third-order valence-corrected chi connectivity index (χ3v) is 2.42. The number of rotatable bonds is 2. The van der Waals surface area contributed by atoms with Crippen molar-refractivity contribution in [1.29, 1.82) is 0 Å². The maximum atomic E-state index is 5.42. The molecule has 2 rings (SSSR count). The largest absolute Gasteiger partial charge is 0.472 e. The molecule has 5 nitrogen and oxygen atoms in total. The van der Waals surface area contributed by atoms with Crippen molar-refractivity contribution in [3.8, 4) is 11.4 Å². The molecule has 17 heavy (non-hydrogen) atoms. The second-order valence-corrected chi connectivity index (χ2v) is 4.87. The van der Waals surface area contributed by atoms with Crippen molar-refractivity contribution >= 4 is 5.82 Å². The van der Waals surface area contributed by atoms with Gasteiger partial charge in [-0.2, -0.15) is 0 Å². The van der Waals surface area contributed by atoms with Gasteiger partial charge in [-0.05, 0) is 6.07 Å². The van der Waals surface area contributed by atoms with E-state index >= 15 is 0 Å². The lowest BCUT2D eigenvalue weighted by atomic mass is 9.92. The summed E-state index contributed by atoms with van der Waals surface area (Å²) in [5.41, 5.74) is 4.27. The van der Waals surface area contributed by atoms with E-state index < -0.39 is 0 Å². The molecule has 90 valence electrons. The molecule has 5 heteroatoms. The number of hydrazine groups is 1. The van der Waals surface area contributed by atoms with Gasteiger partial charge in [-0.15, -0.1) is 0 Å². The Morgan fingerprint density at radius 1 is 1.29 bits per heavy atom. The van der Waals surface area contributed by atoms with Gasteiger partial charge in [-0.25, -0.2) is 15.8 Å². The van der Waals surface area contributed by atoms with E-state index in [1.165, 1.54) is 0 Å². The highest BCUT2D eigenvalue weighted by Gasteiger charge is 2.18. The van der Waals surface area contributed by atoms with Crippen LogP contribution in [0.4, 0.5) is 5.82 Å². The summed E-state index contributed by atoms with van der Waals surface area (Å²) < 4.78 is 5.04. The fourth-order valence-electron chi connectivity index (χ4n) is 1.43.